The molecule has 2 aromatic heterocycles. The molecule has 4 aromatic rings. The van der Waals surface area contributed by atoms with Gasteiger partial charge in [-0.15, -0.1) is 0 Å². The SMILES string of the molecule is Cc1cnc2cc(-c3ccc(-n4c(/C=C5\CCN(C(=O)C6CC6)C5)nn(C)c4=O)c(F)c3)ccc2c1. The Morgan fingerprint density at radius 1 is 1.11 bits per heavy atom. The largest absolute Gasteiger partial charge is 0.350 e. The van der Waals surface area contributed by atoms with Gasteiger partial charge >= 0.3 is 5.69 Å². The molecule has 1 saturated carbocycles. The molecule has 36 heavy (non-hydrogen) atoms. The molecular weight excluding hydrogens is 457 g/mol. The molecule has 2 aromatic carbocycles. The van der Waals surface area contributed by atoms with Crippen molar-refractivity contribution in [3.8, 4) is 16.8 Å². The van der Waals surface area contributed by atoms with Crippen LogP contribution in [0.2, 0.25) is 0 Å². The van der Waals surface area contributed by atoms with Crippen molar-refractivity contribution in [2.24, 2.45) is 13.0 Å². The van der Waals surface area contributed by atoms with E-state index in [0.29, 0.717) is 24.5 Å². The summed E-state index contributed by atoms with van der Waals surface area (Å²) >= 11 is 0. The average molecular weight is 484 g/mol. The molecule has 2 aliphatic rings. The Hall–Kier alpha value is -4.07. The number of likely N-dealkylation sites (tertiary alicyclic amines) is 1. The van der Waals surface area contributed by atoms with Crippen molar-refractivity contribution in [1.29, 1.82) is 0 Å². The highest BCUT2D eigenvalue weighted by Gasteiger charge is 2.35. The maximum atomic E-state index is 15.4. The Balaban J connectivity index is 1.33. The topological polar surface area (TPSA) is 73.0 Å². The van der Waals surface area contributed by atoms with Crippen LogP contribution in [-0.4, -0.2) is 43.2 Å². The van der Waals surface area contributed by atoms with Gasteiger partial charge in [0.25, 0.3) is 0 Å². The molecule has 7 nitrogen and oxygen atoms in total. The highest BCUT2D eigenvalue weighted by atomic mass is 19.1. The van der Waals surface area contributed by atoms with Crippen LogP contribution in [0.5, 0.6) is 0 Å². The Bertz CT molecular complexity index is 1610. The van der Waals surface area contributed by atoms with Crippen molar-refractivity contribution in [3.63, 3.8) is 0 Å². The first kappa shape index (κ1) is 22.4. The fraction of sp³-hybridized carbons (Fsp3) is 0.286. The highest BCUT2D eigenvalue weighted by molar-refractivity contribution is 5.85. The third kappa shape index (κ3) is 4.02. The van der Waals surface area contributed by atoms with Crippen LogP contribution in [0, 0.1) is 18.7 Å². The molecule has 0 N–H and O–H groups in total. The van der Waals surface area contributed by atoms with Gasteiger partial charge in [0.15, 0.2) is 5.82 Å². The smallest absolute Gasteiger partial charge is 0.338 e. The molecule has 0 radical (unpaired) electrons. The number of halogens is 1. The molecule has 0 bridgehead atoms. The number of aromatic nitrogens is 4. The number of hydrogen-bond donors (Lipinski definition) is 0. The quantitative estimate of drug-likeness (QED) is 0.435. The molecule has 3 heterocycles. The van der Waals surface area contributed by atoms with Crippen LogP contribution in [0.4, 0.5) is 4.39 Å². The molecule has 0 unspecified atom stereocenters. The fourth-order valence-electron chi connectivity index (χ4n) is 4.84. The highest BCUT2D eigenvalue weighted by Crippen LogP contribution is 2.33. The van der Waals surface area contributed by atoms with E-state index in [1.54, 1.807) is 19.2 Å². The zero-order chi connectivity index (χ0) is 25.0. The molecule has 2 fully saturated rings. The van der Waals surface area contributed by atoms with Crippen LogP contribution in [0.15, 0.2) is 59.0 Å². The Morgan fingerprint density at radius 2 is 1.89 bits per heavy atom. The maximum Gasteiger partial charge on any atom is 0.350 e. The maximum absolute atomic E-state index is 15.4. The third-order valence-electron chi connectivity index (χ3n) is 6.96. The Kier molecular flexibility index (Phi) is 5.32. The summed E-state index contributed by atoms with van der Waals surface area (Å²) in [4.78, 5) is 31.7. The van der Waals surface area contributed by atoms with Gasteiger partial charge in [-0.1, -0.05) is 18.2 Å². The predicted molar refractivity (Wildman–Crippen MR) is 136 cm³/mol. The summed E-state index contributed by atoms with van der Waals surface area (Å²) in [5.74, 6) is 0.219. The summed E-state index contributed by atoms with van der Waals surface area (Å²) in [6.45, 7) is 3.19. The summed E-state index contributed by atoms with van der Waals surface area (Å²) in [6.07, 6.45) is 6.29. The van der Waals surface area contributed by atoms with Gasteiger partial charge in [-0.3, -0.25) is 9.78 Å². The van der Waals surface area contributed by atoms with E-state index in [2.05, 4.69) is 16.1 Å². The van der Waals surface area contributed by atoms with Gasteiger partial charge in [-0.05, 0) is 78.8 Å². The van der Waals surface area contributed by atoms with Crippen LogP contribution in [0.25, 0.3) is 33.8 Å². The zero-order valence-corrected chi connectivity index (χ0v) is 20.2. The van der Waals surface area contributed by atoms with E-state index in [1.807, 2.05) is 42.3 Å². The fourth-order valence-corrected chi connectivity index (χ4v) is 4.84. The van der Waals surface area contributed by atoms with Gasteiger partial charge in [0.05, 0.1) is 11.2 Å². The Labute approximate surface area is 207 Å². The summed E-state index contributed by atoms with van der Waals surface area (Å²) in [5, 5.41) is 5.37. The number of hydrogen-bond acceptors (Lipinski definition) is 4. The molecule has 1 amide bonds. The normalized spacial score (nSPS) is 16.9. The molecule has 1 aliphatic carbocycles. The number of aryl methyl sites for hydroxylation is 2. The van der Waals surface area contributed by atoms with E-state index in [9.17, 15) is 9.59 Å². The first-order chi connectivity index (χ1) is 17.4. The van der Waals surface area contributed by atoms with E-state index in [0.717, 1.165) is 46.9 Å². The number of benzene rings is 2. The minimum absolute atomic E-state index is 0.141. The van der Waals surface area contributed by atoms with Gasteiger partial charge in [-0.25, -0.2) is 18.4 Å². The van der Waals surface area contributed by atoms with Crippen molar-refractivity contribution in [1.82, 2.24) is 24.2 Å². The van der Waals surface area contributed by atoms with Crippen molar-refractivity contribution in [3.05, 3.63) is 81.9 Å². The molecular formula is C28H26FN5O2. The number of rotatable bonds is 4. The second kappa shape index (κ2) is 8.55. The van der Waals surface area contributed by atoms with Gasteiger partial charge < -0.3 is 4.90 Å². The van der Waals surface area contributed by atoms with Gasteiger partial charge in [-0.2, -0.15) is 5.10 Å². The lowest BCUT2D eigenvalue weighted by atomic mass is 10.0. The molecule has 182 valence electrons. The van der Waals surface area contributed by atoms with Crippen molar-refractivity contribution < 1.29 is 9.18 Å². The molecule has 0 spiro atoms. The Morgan fingerprint density at radius 3 is 2.67 bits per heavy atom. The minimum atomic E-state index is -0.517. The first-order valence-corrected chi connectivity index (χ1v) is 12.2. The summed E-state index contributed by atoms with van der Waals surface area (Å²) in [6, 6.07) is 12.8. The van der Waals surface area contributed by atoms with Crippen LogP contribution < -0.4 is 5.69 Å². The van der Waals surface area contributed by atoms with Gasteiger partial charge in [0.1, 0.15) is 5.82 Å². The van der Waals surface area contributed by atoms with Crippen molar-refractivity contribution >= 4 is 22.9 Å². The van der Waals surface area contributed by atoms with E-state index in [4.69, 9.17) is 0 Å². The monoisotopic (exact) mass is 483 g/mol. The second-order valence-corrected chi connectivity index (χ2v) is 9.77. The number of amides is 1. The minimum Gasteiger partial charge on any atom is -0.338 e. The van der Waals surface area contributed by atoms with Crippen molar-refractivity contribution in [2.75, 3.05) is 13.1 Å². The van der Waals surface area contributed by atoms with E-state index in [-0.39, 0.29) is 17.5 Å². The molecule has 0 atom stereocenters. The predicted octanol–water partition coefficient (Wildman–Crippen LogP) is 4.26. The summed E-state index contributed by atoms with van der Waals surface area (Å²) in [5.41, 5.74) is 4.18. The number of nitrogens with zero attached hydrogens (tertiary/aromatic N) is 5. The van der Waals surface area contributed by atoms with Gasteiger partial charge in [0, 0.05) is 37.6 Å². The van der Waals surface area contributed by atoms with E-state index < -0.39 is 11.5 Å². The molecule has 1 aliphatic heterocycles. The molecule has 8 heteroatoms. The lowest BCUT2D eigenvalue weighted by molar-refractivity contribution is -0.131. The van der Waals surface area contributed by atoms with Crippen LogP contribution >= 0.6 is 0 Å². The van der Waals surface area contributed by atoms with Gasteiger partial charge in [0.2, 0.25) is 5.91 Å². The summed E-state index contributed by atoms with van der Waals surface area (Å²) < 4.78 is 17.9. The number of fused-ring (bicyclic) bond motifs is 1. The summed E-state index contributed by atoms with van der Waals surface area (Å²) in [7, 11) is 1.55. The lowest BCUT2D eigenvalue weighted by Gasteiger charge is -2.14. The first-order valence-electron chi connectivity index (χ1n) is 12.2. The standard InChI is InChI=1S/C28H26FN5O2/c1-17-11-22-6-5-21(14-24(22)30-15-17)20-7-8-25(23(29)13-20)34-26(31-32(2)28(34)36)12-18-9-10-33(16-18)27(35)19-3-4-19/h5-8,11-15,19H,3-4,9-10,16H2,1-2H3/b18-12+. The molecule has 6 rings (SSSR count). The number of carbonyl (C=O) groups is 1. The second-order valence-electron chi connectivity index (χ2n) is 9.77. The average Bonchev–Trinajstić information content (AvgIpc) is 3.55. The zero-order valence-electron chi connectivity index (χ0n) is 20.2. The van der Waals surface area contributed by atoms with Crippen molar-refractivity contribution in [2.45, 2.75) is 26.2 Å². The van der Waals surface area contributed by atoms with Crippen LogP contribution in [0.3, 0.4) is 0 Å². The van der Waals surface area contributed by atoms with E-state index in [1.165, 1.54) is 15.3 Å². The molecule has 1 saturated heterocycles. The third-order valence-corrected chi connectivity index (χ3v) is 6.96. The van der Waals surface area contributed by atoms with E-state index >= 15 is 4.39 Å². The van der Waals surface area contributed by atoms with Crippen LogP contribution in [-0.2, 0) is 11.8 Å². The number of pyridine rings is 1. The van der Waals surface area contributed by atoms with Crippen LogP contribution in [0.1, 0.15) is 30.7 Å². The number of carbonyl (C=O) groups excluding carboxylic acids is 1. The lowest BCUT2D eigenvalue weighted by Crippen LogP contribution is -2.29.